The SMILES string of the molecule is O=C(OC12CC1C2)n1c(=O)oc2c(N3CCN(Cc4cccc(-c5ccccc5)c4)CC3)cccc21. The summed E-state index contributed by atoms with van der Waals surface area (Å²) in [4.78, 5) is 30.0. The highest BCUT2D eigenvalue weighted by molar-refractivity contribution is 5.92. The van der Waals surface area contributed by atoms with E-state index in [-0.39, 0.29) is 5.60 Å². The van der Waals surface area contributed by atoms with E-state index in [0.29, 0.717) is 17.0 Å². The third-order valence-corrected chi connectivity index (χ3v) is 7.82. The van der Waals surface area contributed by atoms with Gasteiger partial charge in [-0.15, -0.1) is 0 Å². The van der Waals surface area contributed by atoms with Gasteiger partial charge in [0.2, 0.25) is 0 Å². The second-order valence-electron chi connectivity index (χ2n) is 10.2. The van der Waals surface area contributed by atoms with E-state index in [0.717, 1.165) is 55.8 Å². The lowest BCUT2D eigenvalue weighted by Crippen LogP contribution is -2.46. The molecule has 0 spiro atoms. The van der Waals surface area contributed by atoms with E-state index < -0.39 is 11.8 Å². The molecule has 36 heavy (non-hydrogen) atoms. The van der Waals surface area contributed by atoms with Gasteiger partial charge < -0.3 is 14.1 Å². The molecule has 0 radical (unpaired) electrons. The van der Waals surface area contributed by atoms with Gasteiger partial charge in [-0.1, -0.05) is 54.6 Å². The van der Waals surface area contributed by atoms with Gasteiger partial charge in [0.25, 0.3) is 0 Å². The number of oxazole rings is 1. The van der Waals surface area contributed by atoms with E-state index in [1.54, 1.807) is 6.07 Å². The Morgan fingerprint density at radius 3 is 2.39 bits per heavy atom. The Labute approximate surface area is 208 Å². The summed E-state index contributed by atoms with van der Waals surface area (Å²) in [5, 5.41) is 0. The van der Waals surface area contributed by atoms with Crippen LogP contribution in [0.2, 0.25) is 0 Å². The summed E-state index contributed by atoms with van der Waals surface area (Å²) < 4.78 is 12.2. The maximum atomic E-state index is 12.7. The standard InChI is InChI=1S/C29H27N3O4/c33-27-32(28(34)36-29-17-23(29)18-29)25-11-5-10-24(26(25)35-27)31-14-12-30(13-15-31)19-20-6-4-9-22(16-20)21-7-2-1-3-8-21/h1-11,16,23H,12-15,17-19H2. The molecule has 1 aromatic heterocycles. The summed E-state index contributed by atoms with van der Waals surface area (Å²) in [5.74, 6) is -0.198. The van der Waals surface area contributed by atoms with Gasteiger partial charge in [-0.2, -0.15) is 4.57 Å². The van der Waals surface area contributed by atoms with E-state index in [2.05, 4.69) is 58.3 Å². The normalized spacial score (nSPS) is 22.9. The van der Waals surface area contributed by atoms with Crippen molar-refractivity contribution < 1.29 is 13.9 Å². The van der Waals surface area contributed by atoms with Gasteiger partial charge in [-0.3, -0.25) is 4.90 Å². The topological polar surface area (TPSA) is 67.9 Å². The molecule has 2 heterocycles. The summed E-state index contributed by atoms with van der Waals surface area (Å²) in [6.07, 6.45) is 1.20. The minimum atomic E-state index is -0.686. The van der Waals surface area contributed by atoms with Crippen LogP contribution in [-0.4, -0.2) is 47.3 Å². The van der Waals surface area contributed by atoms with E-state index in [9.17, 15) is 9.59 Å². The number of fused-ring (bicyclic) bond motifs is 2. The Hall–Kier alpha value is -3.84. The highest BCUT2D eigenvalue weighted by Crippen LogP contribution is 2.69. The number of benzene rings is 3. The van der Waals surface area contributed by atoms with Crippen molar-refractivity contribution in [3.05, 3.63) is 88.9 Å². The van der Waals surface area contributed by atoms with Crippen LogP contribution in [0, 0.1) is 5.92 Å². The van der Waals surface area contributed by atoms with Gasteiger partial charge in [0.05, 0.1) is 5.69 Å². The molecule has 2 saturated carbocycles. The van der Waals surface area contributed by atoms with Crippen LogP contribution in [0.5, 0.6) is 0 Å². The average molecular weight is 482 g/mol. The highest BCUT2D eigenvalue weighted by atomic mass is 16.6. The monoisotopic (exact) mass is 481 g/mol. The first kappa shape index (κ1) is 21.4. The van der Waals surface area contributed by atoms with Crippen LogP contribution in [0.25, 0.3) is 22.2 Å². The molecule has 2 aliphatic carbocycles. The Balaban J connectivity index is 1.06. The first-order valence-electron chi connectivity index (χ1n) is 12.6. The predicted octanol–water partition coefficient (Wildman–Crippen LogP) is 4.73. The number of carbonyl (C=O) groups is 1. The Morgan fingerprint density at radius 1 is 0.917 bits per heavy atom. The Morgan fingerprint density at radius 2 is 1.64 bits per heavy atom. The first-order chi connectivity index (χ1) is 17.6. The minimum absolute atomic E-state index is 0.297. The number of nitrogens with zero attached hydrogens (tertiary/aromatic N) is 3. The van der Waals surface area contributed by atoms with Crippen LogP contribution in [0.15, 0.2) is 82.0 Å². The van der Waals surface area contributed by atoms with E-state index in [4.69, 9.17) is 9.15 Å². The van der Waals surface area contributed by atoms with Crippen molar-refractivity contribution in [1.29, 1.82) is 0 Å². The molecule has 0 bridgehead atoms. The van der Waals surface area contributed by atoms with Gasteiger partial charge in [-0.05, 0) is 47.7 Å². The molecule has 7 heteroatoms. The second kappa shape index (κ2) is 8.10. The summed E-state index contributed by atoms with van der Waals surface area (Å²) in [6, 6.07) is 24.7. The maximum absolute atomic E-state index is 12.7. The zero-order valence-electron chi connectivity index (χ0n) is 19.9. The van der Waals surface area contributed by atoms with Gasteiger partial charge in [0.15, 0.2) is 5.58 Å². The lowest BCUT2D eigenvalue weighted by atomic mass is 10.0. The van der Waals surface area contributed by atoms with Crippen LogP contribution in [0.4, 0.5) is 10.5 Å². The van der Waals surface area contributed by atoms with Gasteiger partial charge in [0.1, 0.15) is 11.1 Å². The third kappa shape index (κ3) is 3.71. The fourth-order valence-electron chi connectivity index (χ4n) is 5.37. The summed E-state index contributed by atoms with van der Waals surface area (Å²) in [5.41, 5.74) is 5.21. The van der Waals surface area contributed by atoms with Crippen molar-refractivity contribution >= 4 is 22.9 Å². The number of carbonyl (C=O) groups excluding carboxylic acids is 1. The maximum Gasteiger partial charge on any atom is 0.429 e. The minimum Gasteiger partial charge on any atom is -0.442 e. The van der Waals surface area contributed by atoms with Gasteiger partial charge >= 0.3 is 11.8 Å². The first-order valence-corrected chi connectivity index (χ1v) is 12.6. The van der Waals surface area contributed by atoms with Crippen LogP contribution in [0.1, 0.15) is 18.4 Å². The lowest BCUT2D eigenvalue weighted by molar-refractivity contribution is 0.114. The molecule has 1 aliphatic heterocycles. The molecule has 3 aliphatic rings. The van der Waals surface area contributed by atoms with Gasteiger partial charge in [-0.25, -0.2) is 9.59 Å². The largest absolute Gasteiger partial charge is 0.442 e. The zero-order valence-corrected chi connectivity index (χ0v) is 19.9. The molecule has 7 rings (SSSR count). The van der Waals surface area contributed by atoms with Crippen molar-refractivity contribution in [2.75, 3.05) is 31.1 Å². The lowest BCUT2D eigenvalue weighted by Gasteiger charge is -2.36. The molecule has 3 fully saturated rings. The number of hydrogen-bond donors (Lipinski definition) is 0. The van der Waals surface area contributed by atoms with E-state index in [1.165, 1.54) is 16.7 Å². The number of anilines is 1. The van der Waals surface area contributed by atoms with Crippen LogP contribution in [-0.2, 0) is 11.3 Å². The van der Waals surface area contributed by atoms with Crippen LogP contribution < -0.4 is 10.7 Å². The van der Waals surface area contributed by atoms with E-state index in [1.807, 2.05) is 18.2 Å². The fraction of sp³-hybridized carbons (Fsp3) is 0.310. The second-order valence-corrected chi connectivity index (χ2v) is 10.2. The van der Waals surface area contributed by atoms with Crippen molar-refractivity contribution in [3.8, 4) is 11.1 Å². The molecular formula is C29H27N3O4. The number of para-hydroxylation sites is 1. The molecule has 4 aromatic rings. The van der Waals surface area contributed by atoms with Crippen LogP contribution in [0.3, 0.4) is 0 Å². The molecule has 1 saturated heterocycles. The molecule has 0 N–H and O–H groups in total. The van der Waals surface area contributed by atoms with Crippen molar-refractivity contribution in [2.45, 2.75) is 25.0 Å². The number of hydrogen-bond acceptors (Lipinski definition) is 6. The average Bonchev–Trinajstić information content (AvgIpc) is 3.72. The van der Waals surface area contributed by atoms with Gasteiger partial charge in [0, 0.05) is 38.6 Å². The number of ether oxygens (including phenoxy) is 1. The molecule has 3 aromatic carbocycles. The van der Waals surface area contributed by atoms with Crippen molar-refractivity contribution in [3.63, 3.8) is 0 Å². The Kier molecular flexibility index (Phi) is 4.82. The van der Waals surface area contributed by atoms with Crippen molar-refractivity contribution in [1.82, 2.24) is 9.47 Å². The quantitative estimate of drug-likeness (QED) is 0.411. The third-order valence-electron chi connectivity index (χ3n) is 7.82. The van der Waals surface area contributed by atoms with Crippen molar-refractivity contribution in [2.24, 2.45) is 5.92 Å². The smallest absolute Gasteiger partial charge is 0.429 e. The Bertz CT molecular complexity index is 1510. The molecule has 0 atom stereocenters. The molecule has 0 unspecified atom stereocenters. The summed E-state index contributed by atoms with van der Waals surface area (Å²) in [6.45, 7) is 4.29. The number of aromatic nitrogens is 1. The van der Waals surface area contributed by atoms with Crippen LogP contribution >= 0.6 is 0 Å². The summed E-state index contributed by atoms with van der Waals surface area (Å²) in [7, 11) is 0. The van der Waals surface area contributed by atoms with E-state index >= 15 is 0 Å². The molecule has 0 amide bonds. The summed E-state index contributed by atoms with van der Waals surface area (Å²) >= 11 is 0. The molecule has 182 valence electrons. The highest BCUT2D eigenvalue weighted by Gasteiger charge is 2.74. The number of piperazine rings is 1. The zero-order chi connectivity index (χ0) is 24.3. The number of rotatable bonds is 5. The fourth-order valence-corrected chi connectivity index (χ4v) is 5.37. The predicted molar refractivity (Wildman–Crippen MR) is 137 cm³/mol. The molecular weight excluding hydrogens is 454 g/mol. The molecule has 7 nitrogen and oxygen atoms in total.